The molecule has 30 heavy (non-hydrogen) atoms. The van der Waals surface area contributed by atoms with Crippen molar-refractivity contribution >= 4 is 34.3 Å². The van der Waals surface area contributed by atoms with E-state index in [1.165, 1.54) is 39.8 Å². The highest BCUT2D eigenvalue weighted by atomic mass is 32.1. The number of nitrogens with zero attached hydrogens (tertiary/aromatic N) is 1. The van der Waals surface area contributed by atoms with Crippen LogP contribution in [0.1, 0.15) is 31.2 Å². The predicted octanol–water partition coefficient (Wildman–Crippen LogP) is 2.93. The summed E-state index contributed by atoms with van der Waals surface area (Å²) in [5.41, 5.74) is 1.39. The van der Waals surface area contributed by atoms with Crippen molar-refractivity contribution in [2.45, 2.75) is 13.0 Å². The van der Waals surface area contributed by atoms with E-state index in [1.807, 2.05) is 0 Å². The van der Waals surface area contributed by atoms with Crippen LogP contribution in [0, 0.1) is 0 Å². The van der Waals surface area contributed by atoms with Crippen LogP contribution in [-0.4, -0.2) is 57.9 Å². The van der Waals surface area contributed by atoms with E-state index in [9.17, 15) is 14.4 Å². The van der Waals surface area contributed by atoms with Gasteiger partial charge in [-0.15, -0.1) is 11.3 Å². The van der Waals surface area contributed by atoms with Gasteiger partial charge < -0.3 is 29.2 Å². The topological polar surface area (TPSA) is 103 Å². The van der Waals surface area contributed by atoms with Crippen LogP contribution in [0.4, 0.5) is 9.80 Å². The van der Waals surface area contributed by atoms with Crippen molar-refractivity contribution in [2.75, 3.05) is 40.3 Å². The van der Waals surface area contributed by atoms with Crippen LogP contribution in [0.15, 0.2) is 18.2 Å². The number of amides is 2. The van der Waals surface area contributed by atoms with Gasteiger partial charge in [0.25, 0.3) is 5.91 Å². The number of hydrogen-bond acceptors (Lipinski definition) is 8. The third-order valence-corrected chi connectivity index (χ3v) is 5.85. The Morgan fingerprint density at radius 1 is 1.00 bits per heavy atom. The summed E-state index contributed by atoms with van der Waals surface area (Å²) in [5.74, 6) is -0.0444. The number of rotatable bonds is 5. The molecule has 0 unspecified atom stereocenters. The molecule has 1 aliphatic rings. The summed E-state index contributed by atoms with van der Waals surface area (Å²) < 4.78 is 20.1. The molecule has 9 nitrogen and oxygen atoms in total. The minimum Gasteiger partial charge on any atom is -0.497 e. The molecule has 1 aliphatic heterocycles. The molecule has 1 aromatic carbocycles. The summed E-state index contributed by atoms with van der Waals surface area (Å²) in [6.07, 6.45) is 0.0107. The number of fused-ring (bicyclic) bond motifs is 1. The van der Waals surface area contributed by atoms with E-state index in [0.29, 0.717) is 47.1 Å². The van der Waals surface area contributed by atoms with Crippen LogP contribution in [-0.2, 0) is 22.4 Å². The molecular weight excluding hydrogens is 412 g/mol. The first-order valence-corrected chi connectivity index (χ1v) is 9.83. The van der Waals surface area contributed by atoms with E-state index in [0.717, 1.165) is 10.4 Å². The zero-order chi connectivity index (χ0) is 21.8. The highest BCUT2D eigenvalue weighted by molar-refractivity contribution is 7.17. The summed E-state index contributed by atoms with van der Waals surface area (Å²) in [6, 6.07) is 4.80. The van der Waals surface area contributed by atoms with E-state index < -0.39 is 18.0 Å². The Hall–Kier alpha value is -3.27. The van der Waals surface area contributed by atoms with Crippen LogP contribution < -0.4 is 14.8 Å². The summed E-state index contributed by atoms with van der Waals surface area (Å²) in [6.45, 7) is 0.695. The third kappa shape index (κ3) is 4.18. The molecule has 0 saturated heterocycles. The minimum atomic E-state index is -0.544. The van der Waals surface area contributed by atoms with Crippen molar-refractivity contribution in [3.63, 3.8) is 0 Å². The van der Waals surface area contributed by atoms with Gasteiger partial charge in [-0.1, -0.05) is 0 Å². The van der Waals surface area contributed by atoms with E-state index >= 15 is 0 Å². The Kier molecular flexibility index (Phi) is 6.46. The maximum atomic E-state index is 12.9. The molecule has 0 aliphatic carbocycles. The SMILES string of the molecule is COC(=O)c1c(NC(=O)c2cc(OC)cc(OC)c2)sc2c1CCN(C(=O)OC)C2. The van der Waals surface area contributed by atoms with Gasteiger partial charge in [-0.3, -0.25) is 4.79 Å². The Labute approximate surface area is 177 Å². The fourth-order valence-corrected chi connectivity index (χ4v) is 4.45. The van der Waals surface area contributed by atoms with E-state index in [2.05, 4.69) is 5.32 Å². The maximum absolute atomic E-state index is 12.9. The molecular formula is C20H22N2O7S. The van der Waals surface area contributed by atoms with Gasteiger partial charge in [0, 0.05) is 23.1 Å². The lowest BCUT2D eigenvalue weighted by Gasteiger charge is -2.25. The fourth-order valence-electron chi connectivity index (χ4n) is 3.21. The van der Waals surface area contributed by atoms with Crippen molar-refractivity contribution in [2.24, 2.45) is 0 Å². The second-order valence-corrected chi connectivity index (χ2v) is 7.50. The zero-order valence-electron chi connectivity index (χ0n) is 17.1. The number of benzene rings is 1. The molecule has 160 valence electrons. The van der Waals surface area contributed by atoms with Crippen LogP contribution in [0.3, 0.4) is 0 Å². The Morgan fingerprint density at radius 3 is 2.23 bits per heavy atom. The largest absolute Gasteiger partial charge is 0.497 e. The molecule has 0 radical (unpaired) electrons. The van der Waals surface area contributed by atoms with E-state index in [4.69, 9.17) is 18.9 Å². The third-order valence-electron chi connectivity index (χ3n) is 4.72. The van der Waals surface area contributed by atoms with Gasteiger partial charge in [-0.05, 0) is 24.1 Å². The number of esters is 1. The van der Waals surface area contributed by atoms with E-state index in [1.54, 1.807) is 23.1 Å². The van der Waals surface area contributed by atoms with Gasteiger partial charge in [0.2, 0.25) is 0 Å². The molecule has 1 N–H and O–H groups in total. The lowest BCUT2D eigenvalue weighted by atomic mass is 10.0. The molecule has 10 heteroatoms. The first-order chi connectivity index (χ1) is 14.4. The summed E-state index contributed by atoms with van der Waals surface area (Å²) >= 11 is 1.24. The number of methoxy groups -OCH3 is 4. The molecule has 3 rings (SSSR count). The highest BCUT2D eigenvalue weighted by Gasteiger charge is 2.31. The minimum absolute atomic E-state index is 0.291. The maximum Gasteiger partial charge on any atom is 0.409 e. The number of carbonyl (C=O) groups excluding carboxylic acids is 3. The molecule has 0 fully saturated rings. The van der Waals surface area contributed by atoms with Gasteiger partial charge in [-0.2, -0.15) is 0 Å². The Bertz CT molecular complexity index is 964. The summed E-state index contributed by atoms with van der Waals surface area (Å²) in [7, 11) is 5.59. The molecule has 2 amide bonds. The Balaban J connectivity index is 1.94. The molecule has 1 aromatic heterocycles. The number of anilines is 1. The molecule has 0 bridgehead atoms. The van der Waals surface area contributed by atoms with Crippen LogP contribution >= 0.6 is 11.3 Å². The van der Waals surface area contributed by atoms with E-state index in [-0.39, 0.29) is 0 Å². The van der Waals surface area contributed by atoms with Crippen LogP contribution in [0.2, 0.25) is 0 Å². The van der Waals surface area contributed by atoms with Gasteiger partial charge in [0.15, 0.2) is 0 Å². The normalized spacial score (nSPS) is 12.6. The smallest absolute Gasteiger partial charge is 0.409 e. The standard InChI is InChI=1S/C20H22N2O7S/c1-26-12-7-11(8-13(9-12)27-2)17(23)21-18-16(19(24)28-3)14-5-6-22(20(25)29-4)10-15(14)30-18/h7-9H,5-6,10H2,1-4H3,(H,21,23). The first kappa shape index (κ1) is 21.4. The summed E-state index contributed by atoms with van der Waals surface area (Å²) in [5, 5.41) is 3.16. The molecule has 2 heterocycles. The average molecular weight is 434 g/mol. The first-order valence-electron chi connectivity index (χ1n) is 9.02. The monoisotopic (exact) mass is 434 g/mol. The van der Waals surface area contributed by atoms with Crippen molar-refractivity contribution < 1.29 is 33.3 Å². The summed E-state index contributed by atoms with van der Waals surface area (Å²) in [4.78, 5) is 39.5. The molecule has 0 spiro atoms. The number of nitrogens with one attached hydrogen (secondary N) is 1. The van der Waals surface area contributed by atoms with Gasteiger partial charge in [0.05, 0.1) is 40.5 Å². The average Bonchev–Trinajstić information content (AvgIpc) is 3.14. The second kappa shape index (κ2) is 9.04. The predicted molar refractivity (Wildman–Crippen MR) is 110 cm³/mol. The zero-order valence-corrected chi connectivity index (χ0v) is 17.9. The second-order valence-electron chi connectivity index (χ2n) is 6.40. The van der Waals surface area contributed by atoms with Crippen molar-refractivity contribution in [3.8, 4) is 11.5 Å². The lowest BCUT2D eigenvalue weighted by molar-refractivity contribution is 0.0600. The molecule has 0 atom stereocenters. The van der Waals surface area contributed by atoms with Crippen molar-refractivity contribution in [1.29, 1.82) is 0 Å². The molecule has 0 saturated carbocycles. The number of thiophene rings is 1. The number of hydrogen-bond donors (Lipinski definition) is 1. The van der Waals surface area contributed by atoms with Crippen LogP contribution in [0.25, 0.3) is 0 Å². The lowest BCUT2D eigenvalue weighted by Crippen LogP contribution is -2.35. The number of carbonyl (C=O) groups is 3. The fraction of sp³-hybridized carbons (Fsp3) is 0.350. The van der Waals surface area contributed by atoms with Crippen molar-refractivity contribution in [3.05, 3.63) is 39.8 Å². The van der Waals surface area contributed by atoms with Crippen LogP contribution in [0.5, 0.6) is 11.5 Å². The highest BCUT2D eigenvalue weighted by Crippen LogP contribution is 2.38. The van der Waals surface area contributed by atoms with Gasteiger partial charge in [0.1, 0.15) is 16.5 Å². The van der Waals surface area contributed by atoms with Crippen molar-refractivity contribution in [1.82, 2.24) is 4.90 Å². The molecule has 2 aromatic rings. The quantitative estimate of drug-likeness (QED) is 0.722. The van der Waals surface area contributed by atoms with Gasteiger partial charge in [-0.25, -0.2) is 9.59 Å². The Morgan fingerprint density at radius 2 is 1.67 bits per heavy atom. The van der Waals surface area contributed by atoms with Gasteiger partial charge >= 0.3 is 12.1 Å². The number of ether oxygens (including phenoxy) is 4.